The van der Waals surface area contributed by atoms with Gasteiger partial charge in [0.25, 0.3) is 5.91 Å². The zero-order chi connectivity index (χ0) is 16.8. The molecular formula is C18H27BrN2O2. The maximum Gasteiger partial charge on any atom is 0.261 e. The van der Waals surface area contributed by atoms with Gasteiger partial charge in [-0.1, -0.05) is 22.9 Å². The van der Waals surface area contributed by atoms with E-state index in [1.165, 1.54) is 0 Å². The Hall–Kier alpha value is -1.07. The SMILES string of the molecule is CC[C@@H](Oc1ccc(Br)cc1)C(=O)NC1CCN(C(C)C)CC1. The zero-order valence-corrected chi connectivity index (χ0v) is 15.8. The third kappa shape index (κ3) is 5.50. The van der Waals surface area contributed by atoms with Crippen molar-refractivity contribution in [2.45, 2.75) is 58.2 Å². The highest BCUT2D eigenvalue weighted by Crippen LogP contribution is 2.19. The molecule has 1 aliphatic rings. The highest BCUT2D eigenvalue weighted by atomic mass is 79.9. The number of ether oxygens (including phenoxy) is 1. The predicted octanol–water partition coefficient (Wildman–Crippen LogP) is 3.60. The van der Waals surface area contributed by atoms with Crippen LogP contribution >= 0.6 is 15.9 Å². The summed E-state index contributed by atoms with van der Waals surface area (Å²) in [7, 11) is 0. The Labute approximate surface area is 147 Å². The molecule has 1 aromatic rings. The van der Waals surface area contributed by atoms with Crippen LogP contribution in [0.5, 0.6) is 5.75 Å². The van der Waals surface area contributed by atoms with Crippen LogP contribution in [-0.2, 0) is 4.79 Å². The molecular weight excluding hydrogens is 356 g/mol. The van der Waals surface area contributed by atoms with E-state index in [-0.39, 0.29) is 11.9 Å². The molecule has 1 atom stereocenters. The second-order valence-electron chi connectivity index (χ2n) is 6.38. The van der Waals surface area contributed by atoms with Crippen molar-refractivity contribution in [2.75, 3.05) is 13.1 Å². The van der Waals surface area contributed by atoms with Gasteiger partial charge in [0.2, 0.25) is 0 Å². The first-order chi connectivity index (χ1) is 11.0. The highest BCUT2D eigenvalue weighted by molar-refractivity contribution is 9.10. The van der Waals surface area contributed by atoms with E-state index in [1.54, 1.807) is 0 Å². The van der Waals surface area contributed by atoms with E-state index in [1.807, 2.05) is 31.2 Å². The van der Waals surface area contributed by atoms with Gasteiger partial charge in [-0.2, -0.15) is 0 Å². The van der Waals surface area contributed by atoms with Crippen LogP contribution in [0.15, 0.2) is 28.7 Å². The van der Waals surface area contributed by atoms with E-state index < -0.39 is 6.10 Å². The van der Waals surface area contributed by atoms with Gasteiger partial charge in [-0.25, -0.2) is 0 Å². The number of nitrogens with one attached hydrogen (secondary N) is 1. The maximum atomic E-state index is 12.5. The van der Waals surface area contributed by atoms with Gasteiger partial charge in [0.15, 0.2) is 6.10 Å². The second-order valence-corrected chi connectivity index (χ2v) is 7.30. The first-order valence-corrected chi connectivity index (χ1v) is 9.25. The number of halogens is 1. The lowest BCUT2D eigenvalue weighted by atomic mass is 10.0. The maximum absolute atomic E-state index is 12.5. The zero-order valence-electron chi connectivity index (χ0n) is 14.2. The molecule has 4 nitrogen and oxygen atoms in total. The molecule has 0 radical (unpaired) electrons. The van der Waals surface area contributed by atoms with Crippen molar-refractivity contribution in [2.24, 2.45) is 0 Å². The van der Waals surface area contributed by atoms with Gasteiger partial charge in [0, 0.05) is 29.6 Å². The highest BCUT2D eigenvalue weighted by Gasteiger charge is 2.25. The molecule has 0 aromatic heterocycles. The molecule has 0 saturated carbocycles. The topological polar surface area (TPSA) is 41.6 Å². The molecule has 128 valence electrons. The number of nitrogens with zero attached hydrogens (tertiary/aromatic N) is 1. The van der Waals surface area contributed by atoms with Crippen LogP contribution in [0.2, 0.25) is 0 Å². The molecule has 2 rings (SSSR count). The van der Waals surface area contributed by atoms with Crippen molar-refractivity contribution >= 4 is 21.8 Å². The van der Waals surface area contributed by atoms with Gasteiger partial charge in [-0.15, -0.1) is 0 Å². The lowest BCUT2D eigenvalue weighted by Gasteiger charge is -2.35. The molecule has 1 saturated heterocycles. The molecule has 0 spiro atoms. The molecule has 23 heavy (non-hydrogen) atoms. The third-order valence-corrected chi connectivity index (χ3v) is 4.89. The van der Waals surface area contributed by atoms with Crippen molar-refractivity contribution in [1.82, 2.24) is 10.2 Å². The van der Waals surface area contributed by atoms with Gasteiger partial charge in [-0.3, -0.25) is 4.79 Å². The summed E-state index contributed by atoms with van der Waals surface area (Å²) in [6.07, 6.45) is 2.25. The first kappa shape index (κ1) is 18.3. The quantitative estimate of drug-likeness (QED) is 0.816. The monoisotopic (exact) mass is 382 g/mol. The molecule has 1 amide bonds. The normalized spacial score (nSPS) is 18.0. The van der Waals surface area contributed by atoms with Crippen LogP contribution in [0.4, 0.5) is 0 Å². The Kier molecular flexibility index (Phi) is 6.90. The van der Waals surface area contributed by atoms with Gasteiger partial charge in [0.1, 0.15) is 5.75 Å². The average molecular weight is 383 g/mol. The van der Waals surface area contributed by atoms with Crippen LogP contribution < -0.4 is 10.1 Å². The second kappa shape index (κ2) is 8.69. The van der Waals surface area contributed by atoms with Crippen LogP contribution in [0, 0.1) is 0 Å². The van der Waals surface area contributed by atoms with Crippen LogP contribution in [0.25, 0.3) is 0 Å². The summed E-state index contributed by atoms with van der Waals surface area (Å²) in [6.45, 7) is 8.51. The molecule has 1 aromatic carbocycles. The Balaban J connectivity index is 1.84. The average Bonchev–Trinajstić information content (AvgIpc) is 2.54. The number of hydrogen-bond acceptors (Lipinski definition) is 3. The number of piperidine rings is 1. The van der Waals surface area contributed by atoms with Gasteiger partial charge in [0.05, 0.1) is 0 Å². The predicted molar refractivity (Wildman–Crippen MR) is 96.7 cm³/mol. The fraction of sp³-hybridized carbons (Fsp3) is 0.611. The molecule has 1 N–H and O–H groups in total. The number of carbonyl (C=O) groups excluding carboxylic acids is 1. The summed E-state index contributed by atoms with van der Waals surface area (Å²) in [6, 6.07) is 8.43. The molecule has 0 aliphatic carbocycles. The summed E-state index contributed by atoms with van der Waals surface area (Å²) in [5.41, 5.74) is 0. The van der Waals surface area contributed by atoms with Gasteiger partial charge < -0.3 is 15.0 Å². The van der Waals surface area contributed by atoms with Crippen LogP contribution in [0.1, 0.15) is 40.0 Å². The van der Waals surface area contributed by atoms with Crippen LogP contribution in [0.3, 0.4) is 0 Å². The lowest BCUT2D eigenvalue weighted by molar-refractivity contribution is -0.129. The summed E-state index contributed by atoms with van der Waals surface area (Å²) in [5.74, 6) is 0.725. The standard InChI is InChI=1S/C18H27BrN2O2/c1-4-17(23-16-7-5-14(19)6-8-16)18(22)20-15-9-11-21(12-10-15)13(2)3/h5-8,13,15,17H,4,9-12H2,1-3H3,(H,20,22)/t17-/m1/s1. The lowest BCUT2D eigenvalue weighted by Crippen LogP contribution is -2.49. The largest absolute Gasteiger partial charge is 0.481 e. The van der Waals surface area contributed by atoms with E-state index >= 15 is 0 Å². The molecule has 0 bridgehead atoms. The van der Waals surface area contributed by atoms with Crippen molar-refractivity contribution in [3.63, 3.8) is 0 Å². The molecule has 5 heteroatoms. The Bertz CT molecular complexity index is 496. The Morgan fingerprint density at radius 1 is 1.30 bits per heavy atom. The molecule has 1 heterocycles. The van der Waals surface area contributed by atoms with Crippen molar-refractivity contribution < 1.29 is 9.53 Å². The fourth-order valence-corrected chi connectivity index (χ4v) is 3.12. The summed E-state index contributed by atoms with van der Waals surface area (Å²) < 4.78 is 6.84. The minimum Gasteiger partial charge on any atom is -0.481 e. The number of benzene rings is 1. The molecule has 0 unspecified atom stereocenters. The summed E-state index contributed by atoms with van der Waals surface area (Å²) in [4.78, 5) is 14.9. The number of rotatable bonds is 6. The summed E-state index contributed by atoms with van der Waals surface area (Å²) >= 11 is 3.40. The number of hydrogen-bond donors (Lipinski definition) is 1. The first-order valence-electron chi connectivity index (χ1n) is 8.46. The smallest absolute Gasteiger partial charge is 0.261 e. The van der Waals surface area contributed by atoms with Crippen LogP contribution in [-0.4, -0.2) is 42.1 Å². The van der Waals surface area contributed by atoms with E-state index in [4.69, 9.17) is 4.74 Å². The number of carbonyl (C=O) groups is 1. The molecule has 1 aliphatic heterocycles. The van der Waals surface area contributed by atoms with Gasteiger partial charge >= 0.3 is 0 Å². The van der Waals surface area contributed by atoms with E-state index in [2.05, 4.69) is 40.0 Å². The third-order valence-electron chi connectivity index (χ3n) is 4.36. The van der Waals surface area contributed by atoms with Crippen molar-refractivity contribution in [3.8, 4) is 5.75 Å². The van der Waals surface area contributed by atoms with Crippen molar-refractivity contribution in [3.05, 3.63) is 28.7 Å². The van der Waals surface area contributed by atoms with Gasteiger partial charge in [-0.05, 0) is 57.4 Å². The van der Waals surface area contributed by atoms with E-state index in [0.717, 1.165) is 36.2 Å². The fourth-order valence-electron chi connectivity index (χ4n) is 2.85. The minimum atomic E-state index is -0.431. The Morgan fingerprint density at radius 2 is 1.91 bits per heavy atom. The number of likely N-dealkylation sites (tertiary alicyclic amines) is 1. The van der Waals surface area contributed by atoms with E-state index in [0.29, 0.717) is 12.5 Å². The summed E-state index contributed by atoms with van der Waals surface area (Å²) in [5, 5.41) is 3.16. The minimum absolute atomic E-state index is 0.00147. The number of amides is 1. The molecule has 1 fully saturated rings. The Morgan fingerprint density at radius 3 is 2.43 bits per heavy atom. The van der Waals surface area contributed by atoms with E-state index in [9.17, 15) is 4.79 Å². The van der Waals surface area contributed by atoms with Crippen molar-refractivity contribution in [1.29, 1.82) is 0 Å².